The summed E-state index contributed by atoms with van der Waals surface area (Å²) in [4.78, 5) is 0. The fourth-order valence-corrected chi connectivity index (χ4v) is 0. The summed E-state index contributed by atoms with van der Waals surface area (Å²) in [5, 5.41) is 0. The van der Waals surface area contributed by atoms with Gasteiger partial charge in [0, 0.05) is 0 Å². The zero-order chi connectivity index (χ0) is 4.50. The van der Waals surface area contributed by atoms with E-state index >= 15 is 0 Å². The van der Waals surface area contributed by atoms with E-state index in [0.29, 0.717) is 0 Å². The monoisotopic (exact) mass is 116 g/mol. The molecule has 0 atom stereocenters. The van der Waals surface area contributed by atoms with Crippen molar-refractivity contribution in [1.82, 2.24) is 0 Å². The van der Waals surface area contributed by atoms with Crippen LogP contribution in [0.4, 0.5) is 0 Å². The molecule has 2 heteroatoms. The van der Waals surface area contributed by atoms with Crippen molar-refractivity contribution < 1.29 is 4.48 Å². The number of nitrogens with zero attached hydrogens (tertiary/aromatic N) is 1. The molecule has 0 saturated carbocycles. The van der Waals surface area contributed by atoms with Gasteiger partial charge in [0.15, 0.2) is 0 Å². The fraction of sp³-hybridized carbons (Fsp3) is 1.00. The Morgan fingerprint density at radius 3 is 0.833 bits per heavy atom. The van der Waals surface area contributed by atoms with E-state index in [1.165, 1.54) is 0 Å². The van der Waals surface area contributed by atoms with Gasteiger partial charge in [-0.25, -0.2) is 0 Å². The standard InChI is InChI=1S/C4H12N.Ca.2H/c1-5(2,3)4;;;/h1-4H3;;;/q+1;;;. The van der Waals surface area contributed by atoms with Gasteiger partial charge in [-0.15, -0.1) is 0 Å². The van der Waals surface area contributed by atoms with Crippen LogP contribution in [-0.2, 0) is 0 Å². The van der Waals surface area contributed by atoms with Crippen molar-refractivity contribution in [2.24, 2.45) is 0 Å². The van der Waals surface area contributed by atoms with Crippen molar-refractivity contribution in [3.05, 3.63) is 0 Å². The molecule has 0 aliphatic rings. The van der Waals surface area contributed by atoms with E-state index in [0.717, 1.165) is 4.48 Å². The van der Waals surface area contributed by atoms with Crippen LogP contribution in [0.5, 0.6) is 0 Å². The van der Waals surface area contributed by atoms with E-state index in [4.69, 9.17) is 0 Å². The summed E-state index contributed by atoms with van der Waals surface area (Å²) < 4.78 is 1.00. The van der Waals surface area contributed by atoms with Gasteiger partial charge < -0.3 is 4.48 Å². The minimum atomic E-state index is 0. The Morgan fingerprint density at radius 2 is 0.833 bits per heavy atom. The van der Waals surface area contributed by atoms with Crippen LogP contribution in [0.15, 0.2) is 0 Å². The van der Waals surface area contributed by atoms with Crippen LogP contribution in [0.1, 0.15) is 0 Å². The van der Waals surface area contributed by atoms with Crippen LogP contribution in [0.2, 0.25) is 0 Å². The van der Waals surface area contributed by atoms with Crippen molar-refractivity contribution in [2.45, 2.75) is 0 Å². The summed E-state index contributed by atoms with van der Waals surface area (Å²) in [6.45, 7) is 0. The average molecular weight is 116 g/mol. The van der Waals surface area contributed by atoms with Crippen LogP contribution in [0.25, 0.3) is 0 Å². The molecule has 6 heavy (non-hydrogen) atoms. The topological polar surface area (TPSA) is 0 Å². The predicted molar refractivity (Wildman–Crippen MR) is 32.5 cm³/mol. The first kappa shape index (κ1) is 10.3. The third-order valence-electron chi connectivity index (χ3n) is 0. The molecule has 0 N–H and O–H groups in total. The Balaban J connectivity index is 0. The first-order chi connectivity index (χ1) is 2.00. The van der Waals surface area contributed by atoms with Gasteiger partial charge in [0.1, 0.15) is 0 Å². The van der Waals surface area contributed by atoms with E-state index in [9.17, 15) is 0 Å². The van der Waals surface area contributed by atoms with Gasteiger partial charge in [0.2, 0.25) is 0 Å². The molecule has 36 valence electrons. The van der Waals surface area contributed by atoms with Crippen molar-refractivity contribution in [2.75, 3.05) is 28.2 Å². The zero-order valence-electron chi connectivity index (χ0n) is 4.45. The molecule has 0 rings (SSSR count). The van der Waals surface area contributed by atoms with Gasteiger partial charge in [-0.05, 0) is 0 Å². The molecular weight excluding hydrogens is 102 g/mol. The number of hydrogen-bond donors (Lipinski definition) is 0. The molecular formula is C4H14CaN+. The van der Waals surface area contributed by atoms with E-state index in [-0.39, 0.29) is 37.7 Å². The summed E-state index contributed by atoms with van der Waals surface area (Å²) >= 11 is 0. The van der Waals surface area contributed by atoms with Crippen molar-refractivity contribution in [3.63, 3.8) is 0 Å². The van der Waals surface area contributed by atoms with Crippen LogP contribution in [0.3, 0.4) is 0 Å². The molecule has 1 nitrogen and oxygen atoms in total. The van der Waals surface area contributed by atoms with Gasteiger partial charge in [-0.2, -0.15) is 0 Å². The molecule has 0 aromatic rings. The number of quaternary nitrogens is 1. The van der Waals surface area contributed by atoms with Crippen molar-refractivity contribution >= 4 is 37.7 Å². The molecule has 0 aromatic heterocycles. The molecule has 0 aliphatic heterocycles. The Bertz CT molecular complexity index is 23.0. The van der Waals surface area contributed by atoms with Gasteiger partial charge >= 0.3 is 37.7 Å². The Kier molecular flexibility index (Phi) is 5.55. The van der Waals surface area contributed by atoms with Crippen LogP contribution in [-0.4, -0.2) is 70.4 Å². The van der Waals surface area contributed by atoms with E-state index < -0.39 is 0 Å². The molecule has 0 aliphatic carbocycles. The normalized spacial score (nSPS) is 10.0. The Morgan fingerprint density at radius 1 is 0.833 bits per heavy atom. The summed E-state index contributed by atoms with van der Waals surface area (Å²) in [5.41, 5.74) is 0. The van der Waals surface area contributed by atoms with Crippen molar-refractivity contribution in [3.8, 4) is 0 Å². The molecule has 0 amide bonds. The zero-order valence-corrected chi connectivity index (χ0v) is 4.45. The maximum atomic E-state index is 2.12. The van der Waals surface area contributed by atoms with Crippen LogP contribution < -0.4 is 0 Å². The van der Waals surface area contributed by atoms with Crippen molar-refractivity contribution in [1.29, 1.82) is 0 Å². The number of rotatable bonds is 0. The van der Waals surface area contributed by atoms with Gasteiger partial charge in [0.05, 0.1) is 28.2 Å². The van der Waals surface area contributed by atoms with Gasteiger partial charge in [0.25, 0.3) is 0 Å². The van der Waals surface area contributed by atoms with Gasteiger partial charge in [-0.1, -0.05) is 0 Å². The second kappa shape index (κ2) is 3.25. The molecule has 0 saturated heterocycles. The average Bonchev–Trinajstić information content (AvgIpc) is 0.722. The molecule has 0 spiro atoms. The Hall–Kier alpha value is 1.22. The predicted octanol–water partition coefficient (Wildman–Crippen LogP) is -0.594. The third-order valence-corrected chi connectivity index (χ3v) is 0. The summed E-state index contributed by atoms with van der Waals surface area (Å²) in [5.74, 6) is 0. The van der Waals surface area contributed by atoms with Gasteiger partial charge in [-0.3, -0.25) is 0 Å². The van der Waals surface area contributed by atoms with Crippen LogP contribution >= 0.6 is 0 Å². The second-order valence-electron chi connectivity index (χ2n) is 2.68. The molecule has 0 heterocycles. The second-order valence-corrected chi connectivity index (χ2v) is 2.68. The maximum absolute atomic E-state index is 2.12. The first-order valence-electron chi connectivity index (χ1n) is 1.79. The van der Waals surface area contributed by atoms with E-state index in [1.807, 2.05) is 0 Å². The SMILES string of the molecule is C[N+](C)(C)C.[CaH2]. The molecule has 0 bridgehead atoms. The summed E-state index contributed by atoms with van der Waals surface area (Å²) in [6.07, 6.45) is 0. The van der Waals surface area contributed by atoms with Crippen LogP contribution in [0, 0.1) is 0 Å². The first-order valence-corrected chi connectivity index (χ1v) is 1.79. The summed E-state index contributed by atoms with van der Waals surface area (Å²) in [7, 11) is 8.50. The molecule has 0 fully saturated rings. The molecule has 0 radical (unpaired) electrons. The molecule has 0 aromatic carbocycles. The fourth-order valence-electron chi connectivity index (χ4n) is 0. The quantitative estimate of drug-likeness (QED) is 0.293. The summed E-state index contributed by atoms with van der Waals surface area (Å²) in [6, 6.07) is 0. The van der Waals surface area contributed by atoms with E-state index in [2.05, 4.69) is 28.2 Å². The van der Waals surface area contributed by atoms with E-state index in [1.54, 1.807) is 0 Å². The Labute approximate surface area is 69.9 Å². The molecule has 0 unspecified atom stereocenters. The minimum absolute atomic E-state index is 0. The number of hydrogen-bond acceptors (Lipinski definition) is 0. The third kappa shape index (κ3) is 62.5.